The van der Waals surface area contributed by atoms with Crippen molar-refractivity contribution in [3.63, 3.8) is 0 Å². The molecule has 0 saturated heterocycles. The van der Waals surface area contributed by atoms with E-state index < -0.39 is 0 Å². The molecule has 4 heteroatoms. The monoisotopic (exact) mass is 603 g/mol. The van der Waals surface area contributed by atoms with Gasteiger partial charge in [-0.2, -0.15) is 0 Å². The van der Waals surface area contributed by atoms with Crippen LogP contribution in [0.4, 0.5) is 0 Å². The number of thiophene rings is 1. The zero-order chi connectivity index (χ0) is 30.2. The number of benzene rings is 7. The molecule has 0 fully saturated rings. The minimum atomic E-state index is 0.682. The van der Waals surface area contributed by atoms with Gasteiger partial charge in [-0.05, 0) is 69.1 Å². The Morgan fingerprint density at radius 3 is 1.87 bits per heavy atom. The maximum Gasteiger partial charge on any atom is 0.235 e. The lowest BCUT2D eigenvalue weighted by atomic mass is 10.0. The highest BCUT2D eigenvalue weighted by Gasteiger charge is 2.21. The second-order valence-corrected chi connectivity index (χ2v) is 12.9. The zero-order valence-electron chi connectivity index (χ0n) is 24.7. The summed E-state index contributed by atoms with van der Waals surface area (Å²) in [5.41, 5.74) is 7.58. The average Bonchev–Trinajstić information content (AvgIpc) is 3.64. The van der Waals surface area contributed by atoms with Crippen molar-refractivity contribution in [3.05, 3.63) is 152 Å². The Balaban J connectivity index is 1.33. The lowest BCUT2D eigenvalue weighted by molar-refractivity contribution is 1.02. The molecule has 0 aliphatic rings. The first-order chi connectivity index (χ1) is 22.8. The van der Waals surface area contributed by atoms with E-state index in [2.05, 4.69) is 156 Å². The predicted octanol–water partition coefficient (Wildman–Crippen LogP) is 11.6. The zero-order valence-corrected chi connectivity index (χ0v) is 25.5. The fourth-order valence-electron chi connectivity index (χ4n) is 6.96. The van der Waals surface area contributed by atoms with E-state index in [0.29, 0.717) is 5.95 Å². The summed E-state index contributed by atoms with van der Waals surface area (Å²) in [6, 6.07) is 54.2. The molecule has 7 aromatic carbocycles. The van der Waals surface area contributed by atoms with Crippen LogP contribution in [-0.4, -0.2) is 14.5 Å². The second kappa shape index (κ2) is 9.83. The van der Waals surface area contributed by atoms with Crippen molar-refractivity contribution < 1.29 is 0 Å². The van der Waals surface area contributed by atoms with Gasteiger partial charge in [-0.25, -0.2) is 9.97 Å². The van der Waals surface area contributed by atoms with Gasteiger partial charge in [0.2, 0.25) is 5.95 Å². The van der Waals surface area contributed by atoms with Gasteiger partial charge in [-0.15, -0.1) is 11.3 Å². The summed E-state index contributed by atoms with van der Waals surface area (Å²) >= 11 is 1.78. The van der Waals surface area contributed by atoms with Crippen molar-refractivity contribution in [1.82, 2.24) is 14.5 Å². The fourth-order valence-corrected chi connectivity index (χ4v) is 8.14. The highest BCUT2D eigenvalue weighted by molar-refractivity contribution is 7.26. The van der Waals surface area contributed by atoms with Gasteiger partial charge in [0.1, 0.15) is 0 Å². The Hall–Kier alpha value is -5.84. The van der Waals surface area contributed by atoms with Crippen molar-refractivity contribution >= 4 is 75.0 Å². The quantitative estimate of drug-likeness (QED) is 0.201. The summed E-state index contributed by atoms with van der Waals surface area (Å²) in [4.78, 5) is 10.9. The van der Waals surface area contributed by atoms with Crippen molar-refractivity contribution in [2.75, 3.05) is 0 Å². The number of aromatic nitrogens is 3. The van der Waals surface area contributed by atoms with Crippen LogP contribution in [-0.2, 0) is 0 Å². The molecule has 10 aromatic rings. The first-order valence-electron chi connectivity index (χ1n) is 15.5. The lowest BCUT2D eigenvalue weighted by Crippen LogP contribution is -2.02. The van der Waals surface area contributed by atoms with Crippen LogP contribution in [0.5, 0.6) is 0 Å². The van der Waals surface area contributed by atoms with Crippen LogP contribution in [0.25, 0.3) is 92.0 Å². The van der Waals surface area contributed by atoms with E-state index in [4.69, 9.17) is 9.97 Å². The number of rotatable bonds is 3. The van der Waals surface area contributed by atoms with E-state index in [1.54, 1.807) is 11.3 Å². The fraction of sp³-hybridized carbons (Fsp3) is 0. The molecular formula is C42H25N3S. The van der Waals surface area contributed by atoms with Gasteiger partial charge in [0.25, 0.3) is 0 Å². The van der Waals surface area contributed by atoms with Crippen LogP contribution < -0.4 is 0 Å². The molecule has 3 nitrogen and oxygen atoms in total. The van der Waals surface area contributed by atoms with Crippen LogP contribution in [0.1, 0.15) is 0 Å². The Bertz CT molecular complexity index is 2810. The molecular weight excluding hydrogens is 579 g/mol. The Kier molecular flexibility index (Phi) is 5.45. The van der Waals surface area contributed by atoms with Crippen molar-refractivity contribution in [2.45, 2.75) is 0 Å². The van der Waals surface area contributed by atoms with Crippen molar-refractivity contribution in [3.8, 4) is 28.3 Å². The summed E-state index contributed by atoms with van der Waals surface area (Å²) < 4.78 is 4.57. The first-order valence-corrected chi connectivity index (χ1v) is 16.3. The third-order valence-corrected chi connectivity index (χ3v) is 10.3. The van der Waals surface area contributed by atoms with Gasteiger partial charge in [0.15, 0.2) is 0 Å². The predicted molar refractivity (Wildman–Crippen MR) is 195 cm³/mol. The number of para-hydroxylation sites is 1. The molecule has 0 saturated carbocycles. The molecule has 3 aromatic heterocycles. The molecule has 0 spiro atoms. The highest BCUT2D eigenvalue weighted by atomic mass is 32.1. The van der Waals surface area contributed by atoms with Crippen LogP contribution in [0.15, 0.2) is 152 Å². The van der Waals surface area contributed by atoms with Crippen LogP contribution >= 0.6 is 11.3 Å². The number of nitrogens with zero attached hydrogens (tertiary/aromatic N) is 3. The Morgan fingerprint density at radius 2 is 1.07 bits per heavy atom. The highest BCUT2D eigenvalue weighted by Crippen LogP contribution is 2.42. The summed E-state index contributed by atoms with van der Waals surface area (Å²) in [6.45, 7) is 0. The second-order valence-electron chi connectivity index (χ2n) is 11.9. The lowest BCUT2D eigenvalue weighted by Gasteiger charge is -2.11. The van der Waals surface area contributed by atoms with E-state index in [-0.39, 0.29) is 0 Å². The molecule has 214 valence electrons. The molecule has 0 radical (unpaired) electrons. The third kappa shape index (κ3) is 3.84. The van der Waals surface area contributed by atoms with Crippen molar-refractivity contribution in [2.24, 2.45) is 0 Å². The van der Waals surface area contributed by atoms with Gasteiger partial charge in [0, 0.05) is 26.4 Å². The van der Waals surface area contributed by atoms with Crippen LogP contribution in [0.2, 0.25) is 0 Å². The van der Waals surface area contributed by atoms with E-state index in [1.165, 1.54) is 48.1 Å². The van der Waals surface area contributed by atoms with Gasteiger partial charge in [-0.3, -0.25) is 4.57 Å². The van der Waals surface area contributed by atoms with Gasteiger partial charge < -0.3 is 0 Å². The van der Waals surface area contributed by atoms with Crippen LogP contribution in [0.3, 0.4) is 0 Å². The molecule has 10 rings (SSSR count). The summed E-state index contributed by atoms with van der Waals surface area (Å²) in [5.74, 6) is 0.682. The largest absolute Gasteiger partial charge is 0.278 e. The molecule has 0 unspecified atom stereocenters. The average molecular weight is 604 g/mol. The standard InChI is InChI=1S/C42H25N3S/c1-2-11-26(12-3-1)27-17-10-18-32(21-27)39-41-40(35-23-29-14-5-7-16-31(29)25-38(35)46-41)44-42(43-39)45-36-20-9-8-19-33(36)34-22-28-13-4-6-15-30(28)24-37(34)45/h1-25H. The Labute approximate surface area is 268 Å². The van der Waals surface area contributed by atoms with Crippen LogP contribution in [0, 0.1) is 0 Å². The number of hydrogen-bond acceptors (Lipinski definition) is 3. The topological polar surface area (TPSA) is 30.7 Å². The van der Waals surface area contributed by atoms with Gasteiger partial charge in [-0.1, -0.05) is 115 Å². The molecule has 0 N–H and O–H groups in total. The molecule has 0 aliphatic heterocycles. The van der Waals surface area contributed by atoms with E-state index >= 15 is 0 Å². The Morgan fingerprint density at radius 1 is 0.435 bits per heavy atom. The molecule has 0 bridgehead atoms. The number of fused-ring (bicyclic) bond motifs is 8. The normalized spacial score (nSPS) is 11.9. The maximum atomic E-state index is 5.46. The van der Waals surface area contributed by atoms with E-state index in [0.717, 1.165) is 37.9 Å². The third-order valence-electron chi connectivity index (χ3n) is 9.15. The number of hydrogen-bond donors (Lipinski definition) is 0. The first kappa shape index (κ1) is 25.5. The van der Waals surface area contributed by atoms with Gasteiger partial charge >= 0.3 is 0 Å². The van der Waals surface area contributed by atoms with E-state index in [1.807, 2.05) is 0 Å². The molecule has 46 heavy (non-hydrogen) atoms. The summed E-state index contributed by atoms with van der Waals surface area (Å²) in [7, 11) is 0. The summed E-state index contributed by atoms with van der Waals surface area (Å²) in [5, 5.41) is 8.43. The van der Waals surface area contributed by atoms with Gasteiger partial charge in [0.05, 0.1) is 26.9 Å². The molecule has 3 heterocycles. The summed E-state index contributed by atoms with van der Waals surface area (Å²) in [6.07, 6.45) is 0. The minimum absolute atomic E-state index is 0.682. The molecule has 0 atom stereocenters. The van der Waals surface area contributed by atoms with Crippen molar-refractivity contribution in [1.29, 1.82) is 0 Å². The van der Waals surface area contributed by atoms with E-state index in [9.17, 15) is 0 Å². The smallest absolute Gasteiger partial charge is 0.235 e. The SMILES string of the molecule is c1ccc(-c2cccc(-c3nc(-n4c5ccccc5c5cc6ccccc6cc54)nc4c3sc3cc5ccccc5cc34)c2)cc1. The minimum Gasteiger partial charge on any atom is -0.278 e. The maximum absolute atomic E-state index is 5.46. The molecule has 0 aliphatic carbocycles. The molecule has 0 amide bonds.